The fourth-order valence-electron chi connectivity index (χ4n) is 2.31. The van der Waals surface area contributed by atoms with Gasteiger partial charge in [0.15, 0.2) is 0 Å². The standard InChI is InChI=1S/C19H22BrN3O5/c20-16-12-15(13-21-14-16)18(25)23(17-4-2-1-3-5-17)7-10-28-19(26)22-6-9-27-11-8-24/h1-5,12-14,24H,6-11H2,(H,22,26). The van der Waals surface area contributed by atoms with Crippen LogP contribution in [-0.4, -0.2) is 61.6 Å². The topological polar surface area (TPSA) is 101 Å². The summed E-state index contributed by atoms with van der Waals surface area (Å²) in [6.07, 6.45) is 2.49. The molecule has 0 bridgehead atoms. The van der Waals surface area contributed by atoms with Crippen LogP contribution in [0.25, 0.3) is 0 Å². The largest absolute Gasteiger partial charge is 0.448 e. The zero-order chi connectivity index (χ0) is 20.2. The van der Waals surface area contributed by atoms with E-state index in [1.165, 1.54) is 11.1 Å². The third-order valence-electron chi connectivity index (χ3n) is 3.56. The van der Waals surface area contributed by atoms with E-state index >= 15 is 0 Å². The lowest BCUT2D eigenvalue weighted by atomic mass is 10.2. The number of amides is 2. The number of hydrogen-bond acceptors (Lipinski definition) is 6. The first-order valence-corrected chi connectivity index (χ1v) is 9.48. The van der Waals surface area contributed by atoms with Gasteiger partial charge in [-0.15, -0.1) is 0 Å². The molecule has 0 fully saturated rings. The molecule has 9 heteroatoms. The Hall–Kier alpha value is -2.49. The Bertz CT molecular complexity index is 760. The summed E-state index contributed by atoms with van der Waals surface area (Å²) in [6, 6.07) is 10.8. The number of alkyl carbamates (subject to hydrolysis) is 1. The number of rotatable bonds is 10. The number of anilines is 1. The maximum atomic E-state index is 12.9. The normalized spacial score (nSPS) is 10.4. The molecule has 1 aromatic heterocycles. The summed E-state index contributed by atoms with van der Waals surface area (Å²) in [4.78, 5) is 30.2. The molecule has 1 heterocycles. The first-order chi connectivity index (χ1) is 13.6. The number of hydrogen-bond donors (Lipinski definition) is 2. The van der Waals surface area contributed by atoms with Gasteiger partial charge in [0.1, 0.15) is 6.61 Å². The predicted molar refractivity (Wildman–Crippen MR) is 107 cm³/mol. The van der Waals surface area contributed by atoms with E-state index in [1.807, 2.05) is 30.3 Å². The van der Waals surface area contributed by atoms with Crippen molar-refractivity contribution in [1.29, 1.82) is 0 Å². The van der Waals surface area contributed by atoms with Crippen LogP contribution >= 0.6 is 15.9 Å². The molecular formula is C19H22BrN3O5. The van der Waals surface area contributed by atoms with E-state index < -0.39 is 6.09 Å². The Balaban J connectivity index is 1.92. The quantitative estimate of drug-likeness (QED) is 0.537. The van der Waals surface area contributed by atoms with E-state index in [4.69, 9.17) is 14.6 Å². The van der Waals surface area contributed by atoms with E-state index in [9.17, 15) is 9.59 Å². The average Bonchev–Trinajstić information content (AvgIpc) is 2.71. The van der Waals surface area contributed by atoms with Crippen LogP contribution in [0.3, 0.4) is 0 Å². The monoisotopic (exact) mass is 451 g/mol. The van der Waals surface area contributed by atoms with E-state index in [2.05, 4.69) is 26.2 Å². The highest BCUT2D eigenvalue weighted by Gasteiger charge is 2.18. The predicted octanol–water partition coefficient (Wildman–Crippen LogP) is 2.23. The van der Waals surface area contributed by atoms with E-state index in [0.717, 1.165) is 0 Å². The van der Waals surface area contributed by atoms with E-state index in [-0.39, 0.29) is 45.4 Å². The number of pyridine rings is 1. The Morgan fingerprint density at radius 1 is 1.14 bits per heavy atom. The lowest BCUT2D eigenvalue weighted by Gasteiger charge is -2.23. The molecule has 0 aliphatic heterocycles. The Morgan fingerprint density at radius 3 is 2.64 bits per heavy atom. The molecule has 0 radical (unpaired) electrons. The average molecular weight is 452 g/mol. The highest BCUT2D eigenvalue weighted by Crippen LogP contribution is 2.18. The smallest absolute Gasteiger partial charge is 0.407 e. The van der Waals surface area contributed by atoms with Gasteiger partial charge >= 0.3 is 6.09 Å². The number of aromatic nitrogens is 1. The van der Waals surface area contributed by atoms with Gasteiger partial charge in [-0.2, -0.15) is 0 Å². The van der Waals surface area contributed by atoms with Gasteiger partial charge in [-0.3, -0.25) is 9.78 Å². The molecule has 0 spiro atoms. The Labute approximate surface area is 171 Å². The van der Waals surface area contributed by atoms with Gasteiger partial charge < -0.3 is 24.8 Å². The van der Waals surface area contributed by atoms with Gasteiger partial charge in [-0.1, -0.05) is 18.2 Å². The highest BCUT2D eigenvalue weighted by molar-refractivity contribution is 9.10. The number of benzene rings is 1. The number of aliphatic hydroxyl groups is 1. The molecule has 0 aliphatic carbocycles. The third-order valence-corrected chi connectivity index (χ3v) is 4.00. The van der Waals surface area contributed by atoms with Gasteiger partial charge in [-0.05, 0) is 34.1 Å². The van der Waals surface area contributed by atoms with Crippen molar-refractivity contribution in [3.8, 4) is 0 Å². The minimum absolute atomic E-state index is 0.0192. The second-order valence-corrected chi connectivity index (χ2v) is 6.50. The minimum atomic E-state index is -0.600. The molecule has 2 amide bonds. The summed E-state index contributed by atoms with van der Waals surface area (Å²) in [5, 5.41) is 11.1. The van der Waals surface area contributed by atoms with Crippen molar-refractivity contribution >= 4 is 33.6 Å². The minimum Gasteiger partial charge on any atom is -0.448 e. The van der Waals surface area contributed by atoms with Crippen LogP contribution in [0.15, 0.2) is 53.3 Å². The zero-order valence-electron chi connectivity index (χ0n) is 15.2. The van der Waals surface area contributed by atoms with Crippen molar-refractivity contribution in [3.05, 3.63) is 58.8 Å². The first kappa shape index (κ1) is 21.8. The fourth-order valence-corrected chi connectivity index (χ4v) is 2.68. The molecule has 2 aromatic rings. The number of halogens is 1. The molecule has 2 rings (SSSR count). The first-order valence-electron chi connectivity index (χ1n) is 8.68. The second-order valence-electron chi connectivity index (χ2n) is 5.58. The van der Waals surface area contributed by atoms with Crippen LogP contribution in [0.2, 0.25) is 0 Å². The Kier molecular flexibility index (Phi) is 9.40. The summed E-state index contributed by atoms with van der Waals surface area (Å²) >= 11 is 3.31. The van der Waals surface area contributed by atoms with Crippen LogP contribution in [0.5, 0.6) is 0 Å². The number of nitrogens with one attached hydrogen (secondary N) is 1. The molecule has 0 saturated heterocycles. The highest BCUT2D eigenvalue weighted by atomic mass is 79.9. The molecule has 28 heavy (non-hydrogen) atoms. The number of nitrogens with zero attached hydrogens (tertiary/aromatic N) is 2. The van der Waals surface area contributed by atoms with Gasteiger partial charge in [0, 0.05) is 29.1 Å². The number of aliphatic hydroxyl groups excluding tert-OH is 1. The molecule has 1 aromatic carbocycles. The van der Waals surface area contributed by atoms with Crippen molar-refractivity contribution < 1.29 is 24.2 Å². The lowest BCUT2D eigenvalue weighted by Crippen LogP contribution is -2.36. The van der Waals surface area contributed by atoms with Crippen molar-refractivity contribution in [3.63, 3.8) is 0 Å². The molecule has 0 aliphatic rings. The summed E-state index contributed by atoms with van der Waals surface area (Å²) < 4.78 is 10.9. The van der Waals surface area contributed by atoms with Crippen LogP contribution in [0.1, 0.15) is 10.4 Å². The maximum absolute atomic E-state index is 12.9. The molecule has 8 nitrogen and oxygen atoms in total. The van der Waals surface area contributed by atoms with Gasteiger partial charge in [0.05, 0.1) is 31.9 Å². The molecule has 0 atom stereocenters. The molecule has 2 N–H and O–H groups in total. The summed E-state index contributed by atoms with van der Waals surface area (Å²) in [5.74, 6) is -0.249. The second kappa shape index (κ2) is 12.1. The van der Waals surface area contributed by atoms with E-state index in [1.54, 1.807) is 12.3 Å². The SMILES string of the molecule is O=C(NCCOCCO)OCCN(C(=O)c1cncc(Br)c1)c1ccccc1. The van der Waals surface area contributed by atoms with Gasteiger partial charge in [-0.25, -0.2) is 4.79 Å². The number of carbonyl (C=O) groups excluding carboxylic acids is 2. The molecule has 0 unspecified atom stereocenters. The number of ether oxygens (including phenoxy) is 2. The number of carbonyl (C=O) groups is 2. The lowest BCUT2D eigenvalue weighted by molar-refractivity contribution is 0.0903. The number of para-hydroxylation sites is 1. The van der Waals surface area contributed by atoms with Crippen molar-refractivity contribution in [1.82, 2.24) is 10.3 Å². The van der Waals surface area contributed by atoms with Crippen LogP contribution in [0, 0.1) is 0 Å². The van der Waals surface area contributed by atoms with Crippen LogP contribution < -0.4 is 10.2 Å². The van der Waals surface area contributed by atoms with Crippen LogP contribution in [0.4, 0.5) is 10.5 Å². The van der Waals surface area contributed by atoms with Gasteiger partial charge in [0.25, 0.3) is 5.91 Å². The van der Waals surface area contributed by atoms with Gasteiger partial charge in [0.2, 0.25) is 0 Å². The summed E-state index contributed by atoms with van der Waals surface area (Å²) in [5.41, 5.74) is 1.11. The molecule has 0 saturated carbocycles. The Morgan fingerprint density at radius 2 is 1.93 bits per heavy atom. The van der Waals surface area contributed by atoms with Crippen LogP contribution in [-0.2, 0) is 9.47 Å². The van der Waals surface area contributed by atoms with Crippen molar-refractivity contribution in [2.75, 3.05) is 44.4 Å². The van der Waals surface area contributed by atoms with Crippen molar-refractivity contribution in [2.45, 2.75) is 0 Å². The summed E-state index contributed by atoms with van der Waals surface area (Å²) in [6.45, 7) is 0.899. The fraction of sp³-hybridized carbons (Fsp3) is 0.316. The summed E-state index contributed by atoms with van der Waals surface area (Å²) in [7, 11) is 0. The third kappa shape index (κ3) is 7.26. The zero-order valence-corrected chi connectivity index (χ0v) is 16.8. The maximum Gasteiger partial charge on any atom is 0.407 e. The van der Waals surface area contributed by atoms with E-state index in [0.29, 0.717) is 15.7 Å². The molecule has 150 valence electrons. The molecular weight excluding hydrogens is 430 g/mol. The van der Waals surface area contributed by atoms with Crippen molar-refractivity contribution in [2.24, 2.45) is 0 Å².